The lowest BCUT2D eigenvalue weighted by Crippen LogP contribution is -2.07. The second-order valence-electron chi connectivity index (χ2n) is 3.67. The highest BCUT2D eigenvalue weighted by Crippen LogP contribution is 2.21. The van der Waals surface area contributed by atoms with Crippen molar-refractivity contribution in [3.8, 4) is 0 Å². The average Bonchev–Trinajstić information content (AvgIpc) is 2.95. The van der Waals surface area contributed by atoms with Crippen molar-refractivity contribution in [1.29, 1.82) is 0 Å². The maximum Gasteiger partial charge on any atom is 0.277 e. The molecule has 0 spiro atoms. The molecule has 0 bridgehead atoms. The Labute approximate surface area is 103 Å². The largest absolute Gasteiger partial charge is 0.415 e. The predicted molar refractivity (Wildman–Crippen MR) is 62.2 cm³/mol. The third-order valence-electron chi connectivity index (χ3n) is 2.08. The van der Waals surface area contributed by atoms with Gasteiger partial charge in [-0.2, -0.15) is 5.10 Å². The lowest BCUT2D eigenvalue weighted by Gasteiger charge is -2.07. The van der Waals surface area contributed by atoms with Gasteiger partial charge in [-0.3, -0.25) is 0 Å². The van der Waals surface area contributed by atoms with Gasteiger partial charge in [0.15, 0.2) is 0 Å². The Bertz CT molecular complexity index is 479. The van der Waals surface area contributed by atoms with Gasteiger partial charge in [0, 0.05) is 6.04 Å². The molecule has 2 N–H and O–H groups in total. The first-order valence-corrected chi connectivity index (χ1v) is 6.23. The van der Waals surface area contributed by atoms with E-state index in [9.17, 15) is 0 Å². The number of rotatable bonds is 5. The SMILES string of the molecule is CC(C)n1ncnc1CSc1nnc(CN)o1. The summed E-state index contributed by atoms with van der Waals surface area (Å²) < 4.78 is 7.16. The van der Waals surface area contributed by atoms with Crippen LogP contribution in [-0.2, 0) is 12.3 Å². The molecule has 0 aliphatic heterocycles. The normalized spacial score (nSPS) is 11.3. The van der Waals surface area contributed by atoms with Crippen molar-refractivity contribution >= 4 is 11.8 Å². The smallest absolute Gasteiger partial charge is 0.277 e. The molecule has 0 atom stereocenters. The van der Waals surface area contributed by atoms with Crippen LogP contribution in [-0.4, -0.2) is 25.0 Å². The van der Waals surface area contributed by atoms with E-state index >= 15 is 0 Å². The molecule has 0 amide bonds. The molecule has 0 saturated carbocycles. The Morgan fingerprint density at radius 2 is 2.29 bits per heavy atom. The van der Waals surface area contributed by atoms with Crippen LogP contribution in [0.5, 0.6) is 0 Å². The third-order valence-corrected chi connectivity index (χ3v) is 2.90. The highest BCUT2D eigenvalue weighted by atomic mass is 32.2. The monoisotopic (exact) mass is 254 g/mol. The summed E-state index contributed by atoms with van der Waals surface area (Å²) in [6, 6.07) is 0.287. The fraction of sp³-hybridized carbons (Fsp3) is 0.556. The summed E-state index contributed by atoms with van der Waals surface area (Å²) >= 11 is 1.43. The highest BCUT2D eigenvalue weighted by molar-refractivity contribution is 7.98. The molecular weight excluding hydrogens is 240 g/mol. The minimum absolute atomic E-state index is 0.260. The predicted octanol–water partition coefficient (Wildman–Crippen LogP) is 0.993. The summed E-state index contributed by atoms with van der Waals surface area (Å²) in [5.74, 6) is 1.97. The molecule has 0 unspecified atom stereocenters. The Balaban J connectivity index is 1.99. The van der Waals surface area contributed by atoms with E-state index < -0.39 is 0 Å². The van der Waals surface area contributed by atoms with Crippen molar-refractivity contribution in [3.05, 3.63) is 18.0 Å². The van der Waals surface area contributed by atoms with Crippen molar-refractivity contribution in [2.24, 2.45) is 5.73 Å². The Kier molecular flexibility index (Phi) is 3.75. The van der Waals surface area contributed by atoms with E-state index in [0.717, 1.165) is 5.82 Å². The van der Waals surface area contributed by atoms with Gasteiger partial charge in [-0.15, -0.1) is 10.2 Å². The van der Waals surface area contributed by atoms with Gasteiger partial charge in [-0.05, 0) is 13.8 Å². The topological polar surface area (TPSA) is 95.7 Å². The Morgan fingerprint density at radius 3 is 2.94 bits per heavy atom. The summed E-state index contributed by atoms with van der Waals surface area (Å²) in [6.07, 6.45) is 1.55. The van der Waals surface area contributed by atoms with Crippen LogP contribution in [0.4, 0.5) is 0 Å². The van der Waals surface area contributed by atoms with E-state index in [1.54, 1.807) is 6.33 Å². The lowest BCUT2D eigenvalue weighted by atomic mass is 10.4. The van der Waals surface area contributed by atoms with E-state index in [1.807, 2.05) is 4.68 Å². The molecule has 0 saturated heterocycles. The molecule has 2 heterocycles. The van der Waals surface area contributed by atoms with Gasteiger partial charge < -0.3 is 10.2 Å². The van der Waals surface area contributed by atoms with E-state index in [-0.39, 0.29) is 12.6 Å². The quantitative estimate of drug-likeness (QED) is 0.795. The number of nitrogens with zero attached hydrogens (tertiary/aromatic N) is 5. The second-order valence-corrected chi connectivity index (χ2v) is 4.60. The van der Waals surface area contributed by atoms with Gasteiger partial charge in [-0.25, -0.2) is 9.67 Å². The van der Waals surface area contributed by atoms with Crippen LogP contribution in [0.1, 0.15) is 31.6 Å². The molecule has 2 rings (SSSR count). The first-order valence-electron chi connectivity index (χ1n) is 5.24. The Morgan fingerprint density at radius 1 is 1.47 bits per heavy atom. The fourth-order valence-corrected chi connectivity index (χ4v) is 2.03. The van der Waals surface area contributed by atoms with Gasteiger partial charge in [0.25, 0.3) is 5.22 Å². The minimum Gasteiger partial charge on any atom is -0.415 e. The first-order chi connectivity index (χ1) is 8.20. The van der Waals surface area contributed by atoms with Crippen LogP contribution in [0.2, 0.25) is 0 Å². The number of aromatic nitrogens is 5. The highest BCUT2D eigenvalue weighted by Gasteiger charge is 2.11. The molecule has 0 radical (unpaired) electrons. The summed E-state index contributed by atoms with van der Waals surface area (Å²) in [7, 11) is 0. The van der Waals surface area contributed by atoms with Crippen molar-refractivity contribution in [2.75, 3.05) is 0 Å². The van der Waals surface area contributed by atoms with E-state index in [1.165, 1.54) is 11.8 Å². The molecule has 0 aliphatic rings. The van der Waals surface area contributed by atoms with Gasteiger partial charge in [0.05, 0.1) is 12.3 Å². The van der Waals surface area contributed by atoms with Gasteiger partial charge in [0.2, 0.25) is 5.89 Å². The molecular formula is C9H14N6OS. The van der Waals surface area contributed by atoms with Gasteiger partial charge in [-0.1, -0.05) is 11.8 Å². The van der Waals surface area contributed by atoms with Crippen LogP contribution >= 0.6 is 11.8 Å². The van der Waals surface area contributed by atoms with Crippen molar-refractivity contribution < 1.29 is 4.42 Å². The maximum absolute atomic E-state index is 5.39. The van der Waals surface area contributed by atoms with Crippen LogP contribution < -0.4 is 5.73 Å². The summed E-state index contributed by atoms with van der Waals surface area (Å²) in [6.45, 7) is 4.37. The van der Waals surface area contributed by atoms with Crippen molar-refractivity contribution in [2.45, 2.75) is 37.4 Å². The molecule has 2 aromatic rings. The minimum atomic E-state index is 0.260. The molecule has 92 valence electrons. The Hall–Kier alpha value is -1.41. The van der Waals surface area contributed by atoms with Gasteiger partial charge >= 0.3 is 0 Å². The third kappa shape index (κ3) is 2.83. The number of nitrogens with two attached hydrogens (primary N) is 1. The van der Waals surface area contributed by atoms with E-state index in [4.69, 9.17) is 10.2 Å². The fourth-order valence-electron chi connectivity index (χ4n) is 1.31. The van der Waals surface area contributed by atoms with Crippen molar-refractivity contribution in [1.82, 2.24) is 25.0 Å². The lowest BCUT2D eigenvalue weighted by molar-refractivity contribution is 0.414. The zero-order valence-corrected chi connectivity index (χ0v) is 10.5. The molecule has 7 nitrogen and oxygen atoms in total. The molecule has 8 heteroatoms. The average molecular weight is 254 g/mol. The molecule has 0 aliphatic carbocycles. The van der Waals surface area contributed by atoms with Crippen LogP contribution in [0.25, 0.3) is 0 Å². The summed E-state index contributed by atoms with van der Waals surface area (Å²) in [5.41, 5.74) is 5.39. The van der Waals surface area contributed by atoms with E-state index in [2.05, 4.69) is 34.1 Å². The van der Waals surface area contributed by atoms with Gasteiger partial charge in [0.1, 0.15) is 12.2 Å². The van der Waals surface area contributed by atoms with Crippen molar-refractivity contribution in [3.63, 3.8) is 0 Å². The zero-order valence-electron chi connectivity index (χ0n) is 9.70. The van der Waals surface area contributed by atoms with Crippen LogP contribution in [0.15, 0.2) is 16.0 Å². The summed E-state index contributed by atoms with van der Waals surface area (Å²) in [5, 5.41) is 12.3. The zero-order chi connectivity index (χ0) is 12.3. The molecule has 2 aromatic heterocycles. The first kappa shape index (κ1) is 12.1. The second kappa shape index (κ2) is 5.28. The standard InChI is InChI=1S/C9H14N6OS/c1-6(2)15-7(11-5-12-15)4-17-9-14-13-8(3-10)16-9/h5-6H,3-4,10H2,1-2H3. The molecule has 0 fully saturated rings. The molecule has 17 heavy (non-hydrogen) atoms. The maximum atomic E-state index is 5.39. The van der Waals surface area contributed by atoms with Crippen LogP contribution in [0.3, 0.4) is 0 Å². The van der Waals surface area contributed by atoms with E-state index in [0.29, 0.717) is 16.9 Å². The number of hydrogen-bond acceptors (Lipinski definition) is 7. The van der Waals surface area contributed by atoms with Crippen LogP contribution in [0, 0.1) is 0 Å². The summed E-state index contributed by atoms with van der Waals surface area (Å²) in [4.78, 5) is 4.20. The number of thioether (sulfide) groups is 1. The number of hydrogen-bond donors (Lipinski definition) is 1. The molecule has 0 aromatic carbocycles.